The van der Waals surface area contributed by atoms with Gasteiger partial charge in [0.25, 0.3) is 0 Å². The molecule has 17 heavy (non-hydrogen) atoms. The highest BCUT2D eigenvalue weighted by Gasteiger charge is 2.37. The SMILES string of the molecule is COCC(C)n1cc(C(=O)O)c(C(F)(F)F)c1. The number of hydrogen-bond donors (Lipinski definition) is 1. The first-order valence-electron chi connectivity index (χ1n) is 4.78. The second kappa shape index (κ2) is 4.79. The van der Waals surface area contributed by atoms with E-state index >= 15 is 0 Å². The van der Waals surface area contributed by atoms with Gasteiger partial charge in [0.15, 0.2) is 0 Å². The zero-order valence-corrected chi connectivity index (χ0v) is 9.28. The fourth-order valence-corrected chi connectivity index (χ4v) is 1.45. The molecule has 1 atom stereocenters. The Hall–Kier alpha value is -1.50. The van der Waals surface area contributed by atoms with Gasteiger partial charge in [0, 0.05) is 19.5 Å². The smallest absolute Gasteiger partial charge is 0.418 e. The minimum Gasteiger partial charge on any atom is -0.478 e. The van der Waals surface area contributed by atoms with Crippen molar-refractivity contribution in [3.63, 3.8) is 0 Å². The molecule has 0 aromatic carbocycles. The van der Waals surface area contributed by atoms with E-state index in [0.29, 0.717) is 0 Å². The van der Waals surface area contributed by atoms with Gasteiger partial charge in [0.1, 0.15) is 0 Å². The monoisotopic (exact) mass is 251 g/mol. The van der Waals surface area contributed by atoms with E-state index in [1.54, 1.807) is 6.92 Å². The van der Waals surface area contributed by atoms with Crippen molar-refractivity contribution in [2.24, 2.45) is 0 Å². The lowest BCUT2D eigenvalue weighted by Crippen LogP contribution is -2.10. The van der Waals surface area contributed by atoms with Crippen LogP contribution in [0.5, 0.6) is 0 Å². The molecule has 0 spiro atoms. The molecule has 0 aliphatic heterocycles. The summed E-state index contributed by atoms with van der Waals surface area (Å²) in [5, 5.41) is 8.71. The number of methoxy groups -OCH3 is 1. The molecule has 0 aliphatic carbocycles. The Kier molecular flexibility index (Phi) is 3.82. The van der Waals surface area contributed by atoms with E-state index in [0.717, 1.165) is 12.4 Å². The van der Waals surface area contributed by atoms with Crippen LogP contribution in [0.1, 0.15) is 28.9 Å². The third kappa shape index (κ3) is 3.00. The minimum absolute atomic E-state index is 0.199. The topological polar surface area (TPSA) is 51.5 Å². The molecule has 4 nitrogen and oxygen atoms in total. The molecular formula is C10H12F3NO3. The molecule has 1 heterocycles. The van der Waals surface area contributed by atoms with E-state index in [9.17, 15) is 18.0 Å². The average molecular weight is 251 g/mol. The third-order valence-corrected chi connectivity index (χ3v) is 2.30. The number of alkyl halides is 3. The van der Waals surface area contributed by atoms with Crippen molar-refractivity contribution in [1.29, 1.82) is 0 Å². The molecule has 0 bridgehead atoms. The van der Waals surface area contributed by atoms with Crippen molar-refractivity contribution >= 4 is 5.97 Å². The Morgan fingerprint density at radius 2 is 2.12 bits per heavy atom. The first-order chi connectivity index (χ1) is 7.77. The Labute approximate surface area is 95.6 Å². The molecule has 1 unspecified atom stereocenters. The average Bonchev–Trinajstić information content (AvgIpc) is 2.61. The van der Waals surface area contributed by atoms with Crippen LogP contribution in [0.2, 0.25) is 0 Å². The first-order valence-corrected chi connectivity index (χ1v) is 4.78. The minimum atomic E-state index is -4.67. The molecule has 1 aromatic heterocycles. The van der Waals surface area contributed by atoms with Gasteiger partial charge >= 0.3 is 12.1 Å². The summed E-state index contributed by atoms with van der Waals surface area (Å²) in [7, 11) is 1.42. The van der Waals surface area contributed by atoms with Crippen LogP contribution >= 0.6 is 0 Å². The van der Waals surface area contributed by atoms with Gasteiger partial charge in [-0.25, -0.2) is 4.79 Å². The predicted molar refractivity (Wildman–Crippen MR) is 53.0 cm³/mol. The molecule has 0 aliphatic rings. The highest BCUT2D eigenvalue weighted by Crippen LogP contribution is 2.33. The highest BCUT2D eigenvalue weighted by atomic mass is 19.4. The van der Waals surface area contributed by atoms with E-state index < -0.39 is 23.3 Å². The maximum Gasteiger partial charge on any atom is 0.418 e. The summed E-state index contributed by atoms with van der Waals surface area (Å²) in [6, 6.07) is -0.366. The van der Waals surface area contributed by atoms with E-state index in [1.807, 2.05) is 0 Å². The van der Waals surface area contributed by atoms with Gasteiger partial charge in [-0.3, -0.25) is 0 Å². The molecule has 0 radical (unpaired) electrons. The lowest BCUT2D eigenvalue weighted by Gasteiger charge is -2.11. The molecule has 0 fully saturated rings. The van der Waals surface area contributed by atoms with Crippen molar-refractivity contribution in [2.75, 3.05) is 13.7 Å². The number of carboxylic acids is 1. The molecule has 0 saturated carbocycles. The van der Waals surface area contributed by atoms with Crippen LogP contribution in [0, 0.1) is 0 Å². The van der Waals surface area contributed by atoms with Crippen molar-refractivity contribution in [3.8, 4) is 0 Å². The summed E-state index contributed by atoms with van der Waals surface area (Å²) in [4.78, 5) is 10.7. The van der Waals surface area contributed by atoms with Crippen LogP contribution in [-0.2, 0) is 10.9 Å². The van der Waals surface area contributed by atoms with Crippen LogP contribution in [0.4, 0.5) is 13.2 Å². The van der Waals surface area contributed by atoms with Gasteiger partial charge in [-0.05, 0) is 6.92 Å². The number of aromatic carboxylic acids is 1. The Bertz CT molecular complexity index is 411. The first kappa shape index (κ1) is 13.6. The van der Waals surface area contributed by atoms with E-state index in [2.05, 4.69) is 0 Å². The lowest BCUT2D eigenvalue weighted by molar-refractivity contribution is -0.138. The van der Waals surface area contributed by atoms with Gasteiger partial charge in [-0.15, -0.1) is 0 Å². The third-order valence-electron chi connectivity index (χ3n) is 2.30. The fourth-order valence-electron chi connectivity index (χ4n) is 1.45. The van der Waals surface area contributed by atoms with Crippen molar-refractivity contribution in [1.82, 2.24) is 4.57 Å². The maximum absolute atomic E-state index is 12.6. The van der Waals surface area contributed by atoms with Crippen LogP contribution in [0.15, 0.2) is 12.4 Å². The zero-order valence-electron chi connectivity index (χ0n) is 9.28. The second-order valence-electron chi connectivity index (χ2n) is 3.64. The van der Waals surface area contributed by atoms with Crippen LogP contribution in [0.3, 0.4) is 0 Å². The number of halogens is 3. The van der Waals surface area contributed by atoms with Crippen molar-refractivity contribution < 1.29 is 27.8 Å². The standard InChI is InChI=1S/C10H12F3NO3/c1-6(5-17-2)14-3-7(9(15)16)8(4-14)10(11,12)13/h3-4,6H,5H2,1-2H3,(H,15,16). The van der Waals surface area contributed by atoms with Crippen LogP contribution in [-0.4, -0.2) is 29.4 Å². The number of carboxylic acid groups (broad SMARTS) is 1. The molecule has 96 valence electrons. The zero-order chi connectivity index (χ0) is 13.2. The molecule has 0 amide bonds. The summed E-state index contributed by atoms with van der Waals surface area (Å²) in [6.45, 7) is 1.83. The van der Waals surface area contributed by atoms with Gasteiger partial charge < -0.3 is 14.4 Å². The number of carbonyl (C=O) groups is 1. The molecule has 7 heteroatoms. The Balaban J connectivity index is 3.17. The summed E-state index contributed by atoms with van der Waals surface area (Å²) >= 11 is 0. The maximum atomic E-state index is 12.6. The number of nitrogens with zero attached hydrogens (tertiary/aromatic N) is 1. The van der Waals surface area contributed by atoms with E-state index in [-0.39, 0.29) is 12.6 Å². The number of hydrogen-bond acceptors (Lipinski definition) is 2. The van der Waals surface area contributed by atoms with E-state index in [4.69, 9.17) is 9.84 Å². The second-order valence-corrected chi connectivity index (χ2v) is 3.64. The van der Waals surface area contributed by atoms with Crippen LogP contribution < -0.4 is 0 Å². The Morgan fingerprint density at radius 1 is 1.53 bits per heavy atom. The van der Waals surface area contributed by atoms with Crippen molar-refractivity contribution in [3.05, 3.63) is 23.5 Å². The molecular weight excluding hydrogens is 239 g/mol. The van der Waals surface area contributed by atoms with Crippen molar-refractivity contribution in [2.45, 2.75) is 19.1 Å². The summed E-state index contributed by atoms with van der Waals surface area (Å²) in [6.07, 6.45) is -2.92. The fraction of sp³-hybridized carbons (Fsp3) is 0.500. The van der Waals surface area contributed by atoms with E-state index in [1.165, 1.54) is 11.7 Å². The number of aromatic nitrogens is 1. The van der Waals surface area contributed by atoms with Gasteiger partial charge in [-0.2, -0.15) is 13.2 Å². The lowest BCUT2D eigenvalue weighted by atomic mass is 10.2. The molecule has 1 rings (SSSR count). The summed E-state index contributed by atoms with van der Waals surface area (Å²) in [5.74, 6) is -1.60. The predicted octanol–water partition coefficient (Wildman–Crippen LogP) is 2.41. The highest BCUT2D eigenvalue weighted by molar-refractivity contribution is 5.89. The van der Waals surface area contributed by atoms with Gasteiger partial charge in [0.2, 0.25) is 0 Å². The number of ether oxygens (including phenoxy) is 1. The largest absolute Gasteiger partial charge is 0.478 e. The summed E-state index contributed by atoms with van der Waals surface area (Å²) in [5.41, 5.74) is -1.89. The Morgan fingerprint density at radius 3 is 2.47 bits per heavy atom. The molecule has 1 aromatic rings. The normalized spacial score (nSPS) is 13.7. The molecule has 0 saturated heterocycles. The quantitative estimate of drug-likeness (QED) is 0.894. The molecule has 1 N–H and O–H groups in total. The van der Waals surface area contributed by atoms with Gasteiger partial charge in [-0.1, -0.05) is 0 Å². The van der Waals surface area contributed by atoms with Crippen LogP contribution in [0.25, 0.3) is 0 Å². The number of rotatable bonds is 4. The van der Waals surface area contributed by atoms with Gasteiger partial charge in [0.05, 0.1) is 23.8 Å². The summed E-state index contributed by atoms with van der Waals surface area (Å²) < 4.78 is 43.7.